The van der Waals surface area contributed by atoms with E-state index in [1.807, 2.05) is 30.9 Å². The summed E-state index contributed by atoms with van der Waals surface area (Å²) in [6, 6.07) is 4.04. The summed E-state index contributed by atoms with van der Waals surface area (Å²) in [5.74, 6) is 3.02. The summed E-state index contributed by atoms with van der Waals surface area (Å²) >= 11 is 1.92. The van der Waals surface area contributed by atoms with Crippen molar-refractivity contribution in [3.63, 3.8) is 0 Å². The van der Waals surface area contributed by atoms with Gasteiger partial charge >= 0.3 is 0 Å². The van der Waals surface area contributed by atoms with Gasteiger partial charge in [-0.1, -0.05) is 13.3 Å². The van der Waals surface area contributed by atoms with Crippen LogP contribution in [0.2, 0.25) is 0 Å². The number of anilines is 1. The van der Waals surface area contributed by atoms with Gasteiger partial charge in [0.2, 0.25) is 0 Å². The van der Waals surface area contributed by atoms with Crippen LogP contribution in [0.15, 0.2) is 12.1 Å². The van der Waals surface area contributed by atoms with Crippen molar-refractivity contribution in [2.24, 2.45) is 0 Å². The summed E-state index contributed by atoms with van der Waals surface area (Å²) in [6.07, 6.45) is 4.20. The Kier molecular flexibility index (Phi) is 5.71. The highest BCUT2D eigenvalue weighted by atomic mass is 32.2. The minimum absolute atomic E-state index is 0.0220. The van der Waals surface area contributed by atoms with Crippen LogP contribution in [0, 0.1) is 0 Å². The number of thioether (sulfide) groups is 1. The predicted molar refractivity (Wildman–Crippen MR) is 85.6 cm³/mol. The average molecular weight is 293 g/mol. The van der Waals surface area contributed by atoms with Crippen LogP contribution in [-0.4, -0.2) is 35.5 Å². The minimum Gasteiger partial charge on any atom is -0.373 e. The minimum atomic E-state index is 0.0220. The molecule has 1 aromatic heterocycles. The van der Waals surface area contributed by atoms with Gasteiger partial charge in [-0.2, -0.15) is 11.8 Å². The lowest BCUT2D eigenvalue weighted by Crippen LogP contribution is -2.38. The van der Waals surface area contributed by atoms with Gasteiger partial charge < -0.3 is 10.6 Å². The molecular weight excluding hydrogens is 270 g/mol. The van der Waals surface area contributed by atoms with Crippen LogP contribution < -0.4 is 10.6 Å². The molecule has 0 bridgehead atoms. The van der Waals surface area contributed by atoms with E-state index in [2.05, 4.69) is 22.5 Å². The summed E-state index contributed by atoms with van der Waals surface area (Å²) in [7, 11) is 1.83. The van der Waals surface area contributed by atoms with E-state index in [9.17, 15) is 4.79 Å². The summed E-state index contributed by atoms with van der Waals surface area (Å²) in [5.41, 5.74) is 1.69. The summed E-state index contributed by atoms with van der Waals surface area (Å²) in [4.78, 5) is 16.8. The Balaban J connectivity index is 2.09. The van der Waals surface area contributed by atoms with Crippen LogP contribution in [0.3, 0.4) is 0 Å². The number of aryl methyl sites for hydroxylation is 1. The molecule has 20 heavy (non-hydrogen) atoms. The molecule has 1 aromatic rings. The lowest BCUT2D eigenvalue weighted by Gasteiger charge is -2.22. The fourth-order valence-electron chi connectivity index (χ4n) is 2.35. The number of nitrogens with zero attached hydrogens (tertiary/aromatic N) is 1. The molecule has 0 aromatic carbocycles. The Labute approximate surface area is 125 Å². The molecule has 110 valence electrons. The Hall–Kier alpha value is -1.23. The van der Waals surface area contributed by atoms with Crippen molar-refractivity contribution in [1.29, 1.82) is 0 Å². The standard InChI is InChI=1S/C15H23N3OS/c1-3-5-12-8-11(9-14(16-2)17-12)15(19)18-13-6-4-7-20-10-13/h8-9,13H,3-7,10H2,1-2H3,(H,16,17)(H,18,19). The second-order valence-electron chi connectivity index (χ2n) is 5.12. The van der Waals surface area contributed by atoms with Crippen molar-refractivity contribution in [3.05, 3.63) is 23.4 Å². The first kappa shape index (κ1) is 15.2. The van der Waals surface area contributed by atoms with Crippen LogP contribution in [0.1, 0.15) is 42.2 Å². The van der Waals surface area contributed by atoms with Gasteiger partial charge in [-0.15, -0.1) is 0 Å². The topological polar surface area (TPSA) is 54.0 Å². The van der Waals surface area contributed by atoms with Gasteiger partial charge in [0.05, 0.1) is 0 Å². The van der Waals surface area contributed by atoms with Crippen molar-refractivity contribution in [1.82, 2.24) is 10.3 Å². The predicted octanol–water partition coefficient (Wildman–Crippen LogP) is 2.70. The lowest BCUT2D eigenvalue weighted by molar-refractivity contribution is 0.0938. The smallest absolute Gasteiger partial charge is 0.251 e. The van der Waals surface area contributed by atoms with Gasteiger partial charge in [-0.25, -0.2) is 4.98 Å². The number of hydrogen-bond acceptors (Lipinski definition) is 4. The number of aromatic nitrogens is 1. The Morgan fingerprint density at radius 2 is 2.35 bits per heavy atom. The van der Waals surface area contributed by atoms with E-state index in [0.29, 0.717) is 11.6 Å². The second kappa shape index (κ2) is 7.53. The first-order valence-electron chi connectivity index (χ1n) is 7.30. The monoisotopic (exact) mass is 293 g/mol. The van der Waals surface area contributed by atoms with Gasteiger partial charge in [0.25, 0.3) is 5.91 Å². The molecule has 1 aliphatic heterocycles. The van der Waals surface area contributed by atoms with Crippen LogP contribution in [0.4, 0.5) is 5.82 Å². The highest BCUT2D eigenvalue weighted by molar-refractivity contribution is 7.99. The molecule has 1 fully saturated rings. The lowest BCUT2D eigenvalue weighted by atomic mass is 10.1. The van der Waals surface area contributed by atoms with Gasteiger partial charge in [-0.05, 0) is 37.1 Å². The second-order valence-corrected chi connectivity index (χ2v) is 6.27. The number of nitrogens with one attached hydrogen (secondary N) is 2. The zero-order valence-electron chi connectivity index (χ0n) is 12.2. The van der Waals surface area contributed by atoms with E-state index in [-0.39, 0.29) is 5.91 Å². The summed E-state index contributed by atoms with van der Waals surface area (Å²) in [5, 5.41) is 6.17. The largest absolute Gasteiger partial charge is 0.373 e. The molecule has 1 amide bonds. The maximum absolute atomic E-state index is 12.4. The number of amides is 1. The molecule has 2 rings (SSSR count). The fourth-order valence-corrected chi connectivity index (χ4v) is 3.43. The average Bonchev–Trinajstić information content (AvgIpc) is 2.48. The molecule has 2 heterocycles. The molecule has 0 aliphatic carbocycles. The molecule has 1 unspecified atom stereocenters. The fraction of sp³-hybridized carbons (Fsp3) is 0.600. The molecule has 1 atom stereocenters. The highest BCUT2D eigenvalue weighted by Crippen LogP contribution is 2.18. The van der Waals surface area contributed by atoms with Gasteiger partial charge in [0.1, 0.15) is 5.82 Å². The maximum atomic E-state index is 12.4. The summed E-state index contributed by atoms with van der Waals surface area (Å²) < 4.78 is 0. The van der Waals surface area contributed by atoms with Gasteiger partial charge in [0, 0.05) is 30.1 Å². The number of carbonyl (C=O) groups is 1. The van der Waals surface area contributed by atoms with Crippen LogP contribution >= 0.6 is 11.8 Å². The third-order valence-electron chi connectivity index (χ3n) is 3.40. The molecule has 0 spiro atoms. The summed E-state index contributed by atoms with van der Waals surface area (Å²) in [6.45, 7) is 2.12. The molecule has 1 saturated heterocycles. The van der Waals surface area contributed by atoms with Gasteiger partial charge in [0.15, 0.2) is 0 Å². The van der Waals surface area contributed by atoms with Crippen LogP contribution in [-0.2, 0) is 6.42 Å². The Bertz CT molecular complexity index is 458. The van der Waals surface area contributed by atoms with E-state index >= 15 is 0 Å². The zero-order valence-corrected chi connectivity index (χ0v) is 13.1. The Morgan fingerprint density at radius 1 is 1.50 bits per heavy atom. The van der Waals surface area contributed by atoms with E-state index in [1.54, 1.807) is 0 Å². The Morgan fingerprint density at radius 3 is 3.00 bits per heavy atom. The third-order valence-corrected chi connectivity index (χ3v) is 4.61. The zero-order chi connectivity index (χ0) is 14.4. The van der Waals surface area contributed by atoms with Crippen LogP contribution in [0.5, 0.6) is 0 Å². The molecule has 1 aliphatic rings. The van der Waals surface area contributed by atoms with E-state index < -0.39 is 0 Å². The number of hydrogen-bond donors (Lipinski definition) is 2. The first-order valence-corrected chi connectivity index (χ1v) is 8.45. The van der Waals surface area contributed by atoms with E-state index in [4.69, 9.17) is 0 Å². The molecule has 5 heteroatoms. The van der Waals surface area contributed by atoms with Crippen molar-refractivity contribution in [2.75, 3.05) is 23.9 Å². The maximum Gasteiger partial charge on any atom is 0.251 e. The quantitative estimate of drug-likeness (QED) is 0.876. The first-order chi connectivity index (χ1) is 9.72. The molecular formula is C15H23N3OS. The molecule has 2 N–H and O–H groups in total. The number of carbonyl (C=O) groups excluding carboxylic acids is 1. The van der Waals surface area contributed by atoms with Crippen molar-refractivity contribution >= 4 is 23.5 Å². The molecule has 0 radical (unpaired) electrons. The van der Waals surface area contributed by atoms with E-state index in [1.165, 1.54) is 12.2 Å². The third kappa shape index (κ3) is 4.13. The van der Waals surface area contributed by atoms with E-state index in [0.717, 1.165) is 36.5 Å². The molecule has 4 nitrogen and oxygen atoms in total. The normalized spacial score (nSPS) is 18.6. The van der Waals surface area contributed by atoms with Crippen LogP contribution in [0.25, 0.3) is 0 Å². The molecule has 0 saturated carbocycles. The highest BCUT2D eigenvalue weighted by Gasteiger charge is 2.17. The van der Waals surface area contributed by atoms with Crippen molar-refractivity contribution in [2.45, 2.75) is 38.6 Å². The number of rotatable bonds is 5. The van der Waals surface area contributed by atoms with Crippen molar-refractivity contribution in [3.8, 4) is 0 Å². The van der Waals surface area contributed by atoms with Gasteiger partial charge in [-0.3, -0.25) is 4.79 Å². The number of pyridine rings is 1. The SMILES string of the molecule is CCCc1cc(C(=O)NC2CCCSC2)cc(NC)n1. The van der Waals surface area contributed by atoms with Crippen molar-refractivity contribution < 1.29 is 4.79 Å².